The summed E-state index contributed by atoms with van der Waals surface area (Å²) in [5, 5.41) is 4.34. The molecular formula is C16H16N2O5S2. The highest BCUT2D eigenvalue weighted by Gasteiger charge is 2.28. The number of carbonyl (C=O) groups is 2. The zero-order valence-corrected chi connectivity index (χ0v) is 15.2. The van der Waals surface area contributed by atoms with Crippen LogP contribution in [0.15, 0.2) is 34.5 Å². The van der Waals surface area contributed by atoms with Crippen molar-refractivity contribution in [2.24, 2.45) is 0 Å². The van der Waals surface area contributed by atoms with Crippen molar-refractivity contribution in [1.82, 2.24) is 4.72 Å². The van der Waals surface area contributed by atoms with Gasteiger partial charge in [0, 0.05) is 0 Å². The van der Waals surface area contributed by atoms with Gasteiger partial charge in [-0.1, -0.05) is 6.92 Å². The summed E-state index contributed by atoms with van der Waals surface area (Å²) in [5.74, 6) is -0.620. The molecule has 1 aromatic heterocycles. The fourth-order valence-corrected chi connectivity index (χ4v) is 4.27. The Morgan fingerprint density at radius 3 is 2.76 bits per heavy atom. The monoisotopic (exact) mass is 380 g/mol. The molecule has 1 atom stereocenters. The van der Waals surface area contributed by atoms with E-state index in [2.05, 4.69) is 5.32 Å². The second kappa shape index (κ2) is 6.49. The van der Waals surface area contributed by atoms with Gasteiger partial charge in [-0.05, 0) is 48.6 Å². The van der Waals surface area contributed by atoms with Crippen LogP contribution in [-0.2, 0) is 14.8 Å². The molecule has 2 N–H and O–H groups in total. The molecule has 2 amide bonds. The van der Waals surface area contributed by atoms with Crippen LogP contribution in [0.2, 0.25) is 0 Å². The Morgan fingerprint density at radius 1 is 1.36 bits per heavy atom. The predicted octanol–water partition coefficient (Wildman–Crippen LogP) is 2.28. The second-order valence-corrected chi connectivity index (χ2v) is 8.13. The molecule has 0 radical (unpaired) electrons. The molecule has 132 valence electrons. The molecule has 0 saturated carbocycles. The van der Waals surface area contributed by atoms with E-state index in [1.54, 1.807) is 18.4 Å². The van der Waals surface area contributed by atoms with Gasteiger partial charge in [0.25, 0.3) is 21.8 Å². The van der Waals surface area contributed by atoms with Crippen molar-refractivity contribution in [2.75, 3.05) is 5.32 Å². The number of anilines is 1. The van der Waals surface area contributed by atoms with Crippen LogP contribution in [0.3, 0.4) is 0 Å². The number of sulfonamides is 1. The zero-order valence-electron chi connectivity index (χ0n) is 13.5. The average Bonchev–Trinajstić information content (AvgIpc) is 2.99. The van der Waals surface area contributed by atoms with E-state index in [9.17, 15) is 18.0 Å². The van der Waals surface area contributed by atoms with Gasteiger partial charge >= 0.3 is 0 Å². The molecule has 0 spiro atoms. The number of benzene rings is 1. The Bertz CT molecular complexity index is 949. The normalized spacial score (nSPS) is 16.6. The molecule has 2 heterocycles. The largest absolute Gasteiger partial charge is 0.478 e. The van der Waals surface area contributed by atoms with Gasteiger partial charge < -0.3 is 10.1 Å². The minimum absolute atomic E-state index is 0.132. The number of carbonyl (C=O) groups excluding carboxylic acids is 2. The first-order chi connectivity index (χ1) is 11.8. The zero-order chi connectivity index (χ0) is 18.2. The maximum Gasteiger partial charge on any atom is 0.275 e. The Hall–Kier alpha value is -2.39. The van der Waals surface area contributed by atoms with Crippen LogP contribution in [-0.4, -0.2) is 26.3 Å². The van der Waals surface area contributed by atoms with Crippen molar-refractivity contribution in [3.8, 4) is 5.75 Å². The maximum absolute atomic E-state index is 12.5. The predicted molar refractivity (Wildman–Crippen MR) is 93.5 cm³/mol. The Kier molecular flexibility index (Phi) is 4.53. The van der Waals surface area contributed by atoms with Gasteiger partial charge in [-0.15, -0.1) is 11.3 Å². The highest BCUT2D eigenvalue weighted by atomic mass is 32.2. The molecule has 1 unspecified atom stereocenters. The summed E-state index contributed by atoms with van der Waals surface area (Å²) in [6.07, 6.45) is -0.0990. The van der Waals surface area contributed by atoms with E-state index in [0.717, 1.165) is 0 Å². The van der Waals surface area contributed by atoms with Crippen molar-refractivity contribution in [3.63, 3.8) is 0 Å². The number of ether oxygens (including phenoxy) is 1. The van der Waals surface area contributed by atoms with Crippen LogP contribution < -0.4 is 14.8 Å². The first kappa shape index (κ1) is 17.4. The molecule has 0 fully saturated rings. The number of aryl methyl sites for hydroxylation is 1. The van der Waals surface area contributed by atoms with E-state index in [1.165, 1.54) is 29.5 Å². The first-order valence-electron chi connectivity index (χ1n) is 7.54. The number of thiophene rings is 1. The van der Waals surface area contributed by atoms with Crippen LogP contribution in [0.1, 0.15) is 28.6 Å². The van der Waals surface area contributed by atoms with Gasteiger partial charge in [0.2, 0.25) is 0 Å². The highest BCUT2D eigenvalue weighted by Crippen LogP contribution is 2.32. The van der Waals surface area contributed by atoms with Crippen molar-refractivity contribution in [3.05, 3.63) is 40.1 Å². The Morgan fingerprint density at radius 2 is 2.12 bits per heavy atom. The Labute approximate surface area is 149 Å². The van der Waals surface area contributed by atoms with Gasteiger partial charge in [0.15, 0.2) is 6.10 Å². The molecule has 1 aliphatic rings. The molecule has 7 nitrogen and oxygen atoms in total. The highest BCUT2D eigenvalue weighted by molar-refractivity contribution is 7.90. The lowest BCUT2D eigenvalue weighted by molar-refractivity contribution is -0.123. The van der Waals surface area contributed by atoms with Crippen molar-refractivity contribution in [2.45, 2.75) is 31.3 Å². The average molecular weight is 380 g/mol. The summed E-state index contributed by atoms with van der Waals surface area (Å²) < 4.78 is 32.5. The number of fused-ring (bicyclic) bond motifs is 1. The lowest BCUT2D eigenvalue weighted by Gasteiger charge is -2.25. The van der Waals surface area contributed by atoms with Crippen molar-refractivity contribution in [1.29, 1.82) is 0 Å². The molecular weight excluding hydrogens is 364 g/mol. The summed E-state index contributed by atoms with van der Waals surface area (Å²) in [4.78, 5) is 24.2. The standard InChI is InChI=1S/C16H16N2O5S2/c1-3-12-15(19)17-11-8-10(4-5-13(11)23-12)25(21,22)18-16(20)14-9(2)6-7-24-14/h4-8,12H,3H2,1-2H3,(H,17,19)(H,18,20). The van der Waals surface area contributed by atoms with Crippen LogP contribution in [0.25, 0.3) is 0 Å². The quantitative estimate of drug-likeness (QED) is 0.847. The number of amides is 2. The molecule has 3 rings (SSSR count). The molecule has 9 heteroatoms. The Balaban J connectivity index is 1.86. The van der Waals surface area contributed by atoms with Crippen LogP contribution in [0.4, 0.5) is 5.69 Å². The minimum Gasteiger partial charge on any atom is -0.478 e. The van der Waals surface area contributed by atoms with E-state index in [-0.39, 0.29) is 16.5 Å². The smallest absolute Gasteiger partial charge is 0.275 e. The van der Waals surface area contributed by atoms with Crippen molar-refractivity contribution < 1.29 is 22.7 Å². The number of rotatable bonds is 4. The van der Waals surface area contributed by atoms with Gasteiger partial charge in [-0.3, -0.25) is 9.59 Å². The maximum atomic E-state index is 12.5. The molecule has 1 aliphatic heterocycles. The number of nitrogens with one attached hydrogen (secondary N) is 2. The van der Waals surface area contributed by atoms with Gasteiger partial charge in [0.05, 0.1) is 15.5 Å². The topological polar surface area (TPSA) is 102 Å². The fraction of sp³-hybridized carbons (Fsp3) is 0.250. The first-order valence-corrected chi connectivity index (χ1v) is 9.91. The summed E-state index contributed by atoms with van der Waals surface area (Å²) in [6.45, 7) is 3.55. The molecule has 2 aromatic rings. The number of hydrogen-bond acceptors (Lipinski definition) is 6. The third-order valence-corrected chi connectivity index (χ3v) is 6.09. The van der Waals surface area contributed by atoms with Crippen LogP contribution in [0.5, 0.6) is 5.75 Å². The van der Waals surface area contributed by atoms with E-state index < -0.39 is 22.0 Å². The summed E-state index contributed by atoms with van der Waals surface area (Å²) in [7, 11) is -4.07. The molecule has 25 heavy (non-hydrogen) atoms. The SMILES string of the molecule is CCC1Oc2ccc(S(=O)(=O)NC(=O)c3sccc3C)cc2NC1=O. The van der Waals surface area contributed by atoms with Crippen LogP contribution in [0, 0.1) is 6.92 Å². The molecule has 1 aromatic carbocycles. The second-order valence-electron chi connectivity index (χ2n) is 5.53. The summed E-state index contributed by atoms with van der Waals surface area (Å²) >= 11 is 1.17. The lowest BCUT2D eigenvalue weighted by Crippen LogP contribution is -2.36. The molecule has 0 aliphatic carbocycles. The van der Waals surface area contributed by atoms with Crippen molar-refractivity contribution >= 4 is 38.9 Å². The van der Waals surface area contributed by atoms with Gasteiger partial charge in [-0.25, -0.2) is 13.1 Å². The van der Waals surface area contributed by atoms with E-state index in [1.807, 2.05) is 11.6 Å². The fourth-order valence-electron chi connectivity index (χ4n) is 2.40. The third-order valence-electron chi connectivity index (χ3n) is 3.75. The minimum atomic E-state index is -4.07. The van der Waals surface area contributed by atoms with Crippen LogP contribution >= 0.6 is 11.3 Å². The van der Waals surface area contributed by atoms with Gasteiger partial charge in [0.1, 0.15) is 5.75 Å². The lowest BCUT2D eigenvalue weighted by atomic mass is 10.2. The molecule has 0 bridgehead atoms. The van der Waals surface area contributed by atoms with E-state index in [0.29, 0.717) is 22.6 Å². The van der Waals surface area contributed by atoms with E-state index >= 15 is 0 Å². The van der Waals surface area contributed by atoms with Gasteiger partial charge in [-0.2, -0.15) is 0 Å². The third kappa shape index (κ3) is 3.38. The van der Waals surface area contributed by atoms with E-state index in [4.69, 9.17) is 4.74 Å². The number of hydrogen-bond donors (Lipinski definition) is 2. The summed E-state index contributed by atoms with van der Waals surface area (Å²) in [5.41, 5.74) is 0.965. The summed E-state index contributed by atoms with van der Waals surface area (Å²) in [6, 6.07) is 5.81. The molecule has 0 saturated heterocycles.